The van der Waals surface area contributed by atoms with Gasteiger partial charge in [0.1, 0.15) is 0 Å². The predicted octanol–water partition coefficient (Wildman–Crippen LogP) is 1.25. The van der Waals surface area contributed by atoms with E-state index in [0.29, 0.717) is 0 Å². The van der Waals surface area contributed by atoms with E-state index in [1.165, 1.54) is 12.0 Å². The van der Waals surface area contributed by atoms with E-state index in [0.717, 1.165) is 12.5 Å². The van der Waals surface area contributed by atoms with Crippen LogP contribution in [0.2, 0.25) is 0 Å². The number of fused-ring (bicyclic) bond motifs is 1. The Kier molecular flexibility index (Phi) is 1.16. The molecule has 1 radical (unpaired) electrons. The van der Waals surface area contributed by atoms with Crippen LogP contribution < -0.4 is 5.32 Å². The van der Waals surface area contributed by atoms with E-state index in [1.54, 1.807) is 0 Å². The van der Waals surface area contributed by atoms with Gasteiger partial charge < -0.3 is 5.32 Å². The van der Waals surface area contributed by atoms with E-state index in [4.69, 9.17) is 0 Å². The number of allylic oxidation sites excluding steroid dienone is 3. The monoisotopic (exact) mass is 120 g/mol. The highest BCUT2D eigenvalue weighted by molar-refractivity contribution is 5.29. The average molecular weight is 120 g/mol. The fourth-order valence-corrected chi connectivity index (χ4v) is 1.38. The second kappa shape index (κ2) is 1.99. The van der Waals surface area contributed by atoms with Gasteiger partial charge in [-0.3, -0.25) is 0 Å². The highest BCUT2D eigenvalue weighted by atomic mass is 14.9. The lowest BCUT2D eigenvalue weighted by Gasteiger charge is -2.09. The molecule has 47 valence electrons. The molecule has 1 atom stereocenters. The quantitative estimate of drug-likeness (QED) is 0.507. The SMILES string of the molecule is [CH]1NCC2CC=CC=C12. The summed E-state index contributed by atoms with van der Waals surface area (Å²) in [6.07, 6.45) is 7.77. The Morgan fingerprint density at radius 3 is 3.44 bits per heavy atom. The summed E-state index contributed by atoms with van der Waals surface area (Å²) in [7, 11) is 0. The van der Waals surface area contributed by atoms with E-state index >= 15 is 0 Å². The van der Waals surface area contributed by atoms with Crippen molar-refractivity contribution in [3.63, 3.8) is 0 Å². The third-order valence-corrected chi connectivity index (χ3v) is 1.95. The van der Waals surface area contributed by atoms with Crippen LogP contribution in [0.5, 0.6) is 0 Å². The molecule has 1 heterocycles. The minimum atomic E-state index is 0.773. The first-order valence-electron chi connectivity index (χ1n) is 3.40. The van der Waals surface area contributed by atoms with Gasteiger partial charge in [-0.05, 0) is 17.9 Å². The van der Waals surface area contributed by atoms with Gasteiger partial charge in [-0.1, -0.05) is 18.2 Å². The number of hydrogen-bond acceptors (Lipinski definition) is 1. The summed E-state index contributed by atoms with van der Waals surface area (Å²) >= 11 is 0. The summed E-state index contributed by atoms with van der Waals surface area (Å²) in [4.78, 5) is 0. The van der Waals surface area contributed by atoms with Crippen molar-refractivity contribution < 1.29 is 0 Å². The molecule has 2 aliphatic rings. The van der Waals surface area contributed by atoms with E-state index in [2.05, 4.69) is 30.1 Å². The number of nitrogens with one attached hydrogen (secondary N) is 1. The lowest BCUT2D eigenvalue weighted by molar-refractivity contribution is 0.660. The zero-order valence-electron chi connectivity index (χ0n) is 5.30. The van der Waals surface area contributed by atoms with Crippen LogP contribution in [0.4, 0.5) is 0 Å². The molecule has 2 rings (SSSR count). The van der Waals surface area contributed by atoms with Gasteiger partial charge in [-0.25, -0.2) is 0 Å². The molecular weight excluding hydrogens is 110 g/mol. The maximum Gasteiger partial charge on any atom is 0.0481 e. The van der Waals surface area contributed by atoms with Crippen molar-refractivity contribution in [3.05, 3.63) is 30.3 Å². The summed E-state index contributed by atoms with van der Waals surface area (Å²) < 4.78 is 0. The molecule has 1 aliphatic heterocycles. The molecule has 0 aromatic rings. The lowest BCUT2D eigenvalue weighted by atomic mass is 9.95. The molecule has 1 heteroatoms. The first-order valence-corrected chi connectivity index (χ1v) is 3.40. The molecule has 0 amide bonds. The van der Waals surface area contributed by atoms with Crippen LogP contribution in [0.3, 0.4) is 0 Å². The standard InChI is InChI=1S/C8H10N/c1-2-4-8-6-9-5-7(8)3-1/h1-3,5,8-9H,4,6H2. The van der Waals surface area contributed by atoms with E-state index < -0.39 is 0 Å². The Morgan fingerprint density at radius 1 is 1.56 bits per heavy atom. The highest BCUT2D eigenvalue weighted by Crippen LogP contribution is 2.25. The van der Waals surface area contributed by atoms with Crippen molar-refractivity contribution in [1.29, 1.82) is 0 Å². The van der Waals surface area contributed by atoms with Gasteiger partial charge in [0.2, 0.25) is 0 Å². The molecule has 0 bridgehead atoms. The second-order valence-electron chi connectivity index (χ2n) is 2.58. The van der Waals surface area contributed by atoms with Crippen LogP contribution >= 0.6 is 0 Å². The molecule has 0 aromatic carbocycles. The van der Waals surface area contributed by atoms with Crippen LogP contribution in [0.1, 0.15) is 6.42 Å². The zero-order chi connectivity index (χ0) is 6.10. The molecule has 0 aromatic heterocycles. The van der Waals surface area contributed by atoms with Crippen molar-refractivity contribution in [2.24, 2.45) is 5.92 Å². The minimum absolute atomic E-state index is 0.773. The first-order chi connectivity index (χ1) is 4.47. The van der Waals surface area contributed by atoms with Gasteiger partial charge in [0.15, 0.2) is 0 Å². The van der Waals surface area contributed by atoms with Gasteiger partial charge >= 0.3 is 0 Å². The maximum atomic E-state index is 3.23. The molecule has 0 spiro atoms. The Bertz CT molecular complexity index is 167. The van der Waals surface area contributed by atoms with Crippen molar-refractivity contribution in [2.45, 2.75) is 6.42 Å². The van der Waals surface area contributed by atoms with Crippen molar-refractivity contribution in [3.8, 4) is 0 Å². The van der Waals surface area contributed by atoms with Gasteiger partial charge in [-0.15, -0.1) is 0 Å². The van der Waals surface area contributed by atoms with Crippen molar-refractivity contribution >= 4 is 0 Å². The molecule has 1 aliphatic carbocycles. The zero-order valence-corrected chi connectivity index (χ0v) is 5.30. The molecule has 1 N–H and O–H groups in total. The average Bonchev–Trinajstić information content (AvgIpc) is 2.33. The van der Waals surface area contributed by atoms with Gasteiger partial charge in [-0.2, -0.15) is 0 Å². The van der Waals surface area contributed by atoms with Crippen molar-refractivity contribution in [2.75, 3.05) is 6.54 Å². The molecule has 1 unspecified atom stereocenters. The summed E-state index contributed by atoms with van der Waals surface area (Å²) in [5, 5.41) is 3.23. The molecule has 1 nitrogen and oxygen atoms in total. The van der Waals surface area contributed by atoms with E-state index in [-0.39, 0.29) is 0 Å². The molecule has 1 saturated heterocycles. The van der Waals surface area contributed by atoms with Crippen LogP contribution in [0.25, 0.3) is 0 Å². The van der Waals surface area contributed by atoms with Gasteiger partial charge in [0.05, 0.1) is 0 Å². The minimum Gasteiger partial charge on any atom is -0.308 e. The Hall–Kier alpha value is -0.560. The number of rotatable bonds is 0. The molecular formula is C8H10N. The maximum absolute atomic E-state index is 3.23. The lowest BCUT2D eigenvalue weighted by Crippen LogP contribution is -2.07. The van der Waals surface area contributed by atoms with E-state index in [9.17, 15) is 0 Å². The highest BCUT2D eigenvalue weighted by Gasteiger charge is 2.19. The predicted molar refractivity (Wildman–Crippen MR) is 37.6 cm³/mol. The normalized spacial score (nSPS) is 32.0. The summed E-state index contributed by atoms with van der Waals surface area (Å²) in [5.41, 5.74) is 1.47. The summed E-state index contributed by atoms with van der Waals surface area (Å²) in [5.74, 6) is 0.773. The third kappa shape index (κ3) is 0.815. The third-order valence-electron chi connectivity index (χ3n) is 1.95. The fraction of sp³-hybridized carbons (Fsp3) is 0.375. The molecule has 9 heavy (non-hydrogen) atoms. The van der Waals surface area contributed by atoms with Crippen LogP contribution in [-0.4, -0.2) is 6.54 Å². The fourth-order valence-electron chi connectivity index (χ4n) is 1.38. The molecule has 0 saturated carbocycles. The smallest absolute Gasteiger partial charge is 0.0481 e. The van der Waals surface area contributed by atoms with E-state index in [1.807, 2.05) is 0 Å². The Labute approximate surface area is 55.5 Å². The van der Waals surface area contributed by atoms with Crippen LogP contribution in [0.15, 0.2) is 23.8 Å². The number of hydrogen-bond donors (Lipinski definition) is 1. The van der Waals surface area contributed by atoms with Gasteiger partial charge in [0.25, 0.3) is 0 Å². The first kappa shape index (κ1) is 5.24. The van der Waals surface area contributed by atoms with Gasteiger partial charge in [0, 0.05) is 13.1 Å². The van der Waals surface area contributed by atoms with Crippen molar-refractivity contribution in [1.82, 2.24) is 5.32 Å². The van der Waals surface area contributed by atoms with Crippen LogP contribution in [0, 0.1) is 12.5 Å². The largest absolute Gasteiger partial charge is 0.308 e. The second-order valence-corrected chi connectivity index (χ2v) is 2.58. The summed E-state index contributed by atoms with van der Waals surface area (Å²) in [6, 6.07) is 0. The molecule has 1 fully saturated rings. The Balaban J connectivity index is 2.23. The van der Waals surface area contributed by atoms with Crippen LogP contribution in [-0.2, 0) is 0 Å². The topological polar surface area (TPSA) is 12.0 Å². The Morgan fingerprint density at radius 2 is 2.56 bits per heavy atom. The summed E-state index contributed by atoms with van der Waals surface area (Å²) in [6.45, 7) is 3.25.